The second-order valence-electron chi connectivity index (χ2n) is 5.07. The number of halogens is 3. The molecule has 3 rings (SSSR count). The van der Waals surface area contributed by atoms with Crippen LogP contribution in [0.3, 0.4) is 0 Å². The number of rotatable bonds is 4. The number of aryl methyl sites for hydroxylation is 1. The summed E-state index contributed by atoms with van der Waals surface area (Å²) in [4.78, 5) is 8.41. The van der Waals surface area contributed by atoms with Crippen molar-refractivity contribution in [1.29, 1.82) is 0 Å². The summed E-state index contributed by atoms with van der Waals surface area (Å²) in [5, 5.41) is 5.72. The Morgan fingerprint density at radius 2 is 1.58 bits per heavy atom. The first-order valence-electron chi connectivity index (χ1n) is 7.10. The summed E-state index contributed by atoms with van der Waals surface area (Å²) < 4.78 is 28.4. The molecule has 0 atom stereocenters. The number of nitrogens with one attached hydrogen (secondary N) is 2. The summed E-state index contributed by atoms with van der Waals surface area (Å²) in [5.74, 6) is -0.785. The molecule has 0 saturated heterocycles. The lowest BCUT2D eigenvalue weighted by molar-refractivity contribution is 0.590. The lowest BCUT2D eigenvalue weighted by Crippen LogP contribution is -2.04. The molecule has 24 heavy (non-hydrogen) atoms. The molecule has 0 fully saturated rings. The van der Waals surface area contributed by atoms with Gasteiger partial charge in [0.05, 0.1) is 0 Å². The molecule has 122 valence electrons. The van der Waals surface area contributed by atoms with Gasteiger partial charge in [0.15, 0.2) is 0 Å². The zero-order valence-corrected chi connectivity index (χ0v) is 14.2. The third-order valence-electron chi connectivity index (χ3n) is 3.17. The zero-order chi connectivity index (χ0) is 17.1. The Bertz CT molecular complexity index is 849. The van der Waals surface area contributed by atoms with Gasteiger partial charge in [-0.2, -0.15) is 4.98 Å². The van der Waals surface area contributed by atoms with Gasteiger partial charge < -0.3 is 10.6 Å². The minimum absolute atomic E-state index is 0.110. The average Bonchev–Trinajstić information content (AvgIpc) is 2.53. The van der Waals surface area contributed by atoms with Crippen LogP contribution < -0.4 is 10.6 Å². The fraction of sp³-hybridized carbons (Fsp3) is 0.0588. The molecule has 2 N–H and O–H groups in total. The van der Waals surface area contributed by atoms with Crippen molar-refractivity contribution >= 4 is 39.1 Å². The molecule has 0 aliphatic heterocycles. The minimum Gasteiger partial charge on any atom is -0.340 e. The highest BCUT2D eigenvalue weighted by Crippen LogP contribution is 2.23. The van der Waals surface area contributed by atoms with Crippen molar-refractivity contribution in [2.45, 2.75) is 6.92 Å². The van der Waals surface area contributed by atoms with E-state index in [-0.39, 0.29) is 11.6 Å². The van der Waals surface area contributed by atoms with Crippen molar-refractivity contribution < 1.29 is 8.78 Å². The summed E-state index contributed by atoms with van der Waals surface area (Å²) >= 11 is 3.37. The molecular weight excluding hydrogens is 378 g/mol. The van der Waals surface area contributed by atoms with Crippen LogP contribution >= 0.6 is 15.9 Å². The van der Waals surface area contributed by atoms with Crippen molar-refractivity contribution in [3.05, 3.63) is 70.3 Å². The van der Waals surface area contributed by atoms with E-state index in [2.05, 4.69) is 36.5 Å². The van der Waals surface area contributed by atoms with Crippen molar-refractivity contribution in [3.63, 3.8) is 0 Å². The molecule has 1 aromatic heterocycles. The van der Waals surface area contributed by atoms with Crippen molar-refractivity contribution in [1.82, 2.24) is 9.97 Å². The Hall–Kier alpha value is -2.54. The summed E-state index contributed by atoms with van der Waals surface area (Å²) in [5.41, 5.74) is 1.21. The first-order chi connectivity index (χ1) is 11.5. The second kappa shape index (κ2) is 6.92. The molecule has 1 heterocycles. The predicted octanol–water partition coefficient (Wildman–Crippen LogP) is 5.31. The quantitative estimate of drug-likeness (QED) is 0.633. The van der Waals surface area contributed by atoms with Crippen molar-refractivity contribution in [2.24, 2.45) is 0 Å². The molecule has 0 aliphatic carbocycles. The van der Waals surface area contributed by atoms with E-state index < -0.39 is 11.6 Å². The van der Waals surface area contributed by atoms with E-state index in [9.17, 15) is 8.78 Å². The van der Waals surface area contributed by atoms with Crippen LogP contribution in [0.5, 0.6) is 0 Å². The Kier molecular flexibility index (Phi) is 4.71. The third-order valence-corrected chi connectivity index (χ3v) is 3.70. The van der Waals surface area contributed by atoms with E-state index in [1.165, 1.54) is 18.2 Å². The number of para-hydroxylation sites is 1. The Balaban J connectivity index is 1.87. The smallest absolute Gasteiger partial charge is 0.229 e. The van der Waals surface area contributed by atoms with Crippen LogP contribution in [-0.2, 0) is 0 Å². The van der Waals surface area contributed by atoms with Gasteiger partial charge in [0, 0.05) is 21.9 Å². The first-order valence-corrected chi connectivity index (χ1v) is 7.90. The van der Waals surface area contributed by atoms with Gasteiger partial charge >= 0.3 is 0 Å². The van der Waals surface area contributed by atoms with E-state index in [1.54, 1.807) is 13.0 Å². The maximum atomic E-state index is 13.7. The molecule has 7 heteroatoms. The second-order valence-corrected chi connectivity index (χ2v) is 5.99. The summed E-state index contributed by atoms with van der Waals surface area (Å²) in [6.07, 6.45) is 0. The Morgan fingerprint density at radius 3 is 2.25 bits per heavy atom. The number of anilines is 4. The molecule has 0 radical (unpaired) electrons. The van der Waals surface area contributed by atoms with Crippen LogP contribution in [0.4, 0.5) is 31.9 Å². The lowest BCUT2D eigenvalue weighted by Gasteiger charge is -2.11. The minimum atomic E-state index is -0.706. The van der Waals surface area contributed by atoms with Crippen LogP contribution in [0.1, 0.15) is 5.69 Å². The standard InChI is InChI=1S/C17H13BrF2N4/c1-10-9-15(22-12-7-5-11(18)6-8-12)23-17(21-10)24-16-13(19)3-2-4-14(16)20/h2-9H,1H3,(H2,21,22,23,24). The molecule has 0 amide bonds. The highest BCUT2D eigenvalue weighted by molar-refractivity contribution is 9.10. The zero-order valence-electron chi connectivity index (χ0n) is 12.6. The monoisotopic (exact) mass is 390 g/mol. The van der Waals surface area contributed by atoms with Crippen LogP contribution in [0, 0.1) is 18.6 Å². The molecular formula is C17H13BrF2N4. The largest absolute Gasteiger partial charge is 0.340 e. The van der Waals surface area contributed by atoms with Gasteiger partial charge in [-0.25, -0.2) is 13.8 Å². The van der Waals surface area contributed by atoms with Gasteiger partial charge in [-0.05, 0) is 43.3 Å². The van der Waals surface area contributed by atoms with Crippen molar-refractivity contribution in [2.75, 3.05) is 10.6 Å². The number of hydrogen-bond donors (Lipinski definition) is 2. The topological polar surface area (TPSA) is 49.8 Å². The molecule has 0 bridgehead atoms. The lowest BCUT2D eigenvalue weighted by atomic mass is 10.3. The van der Waals surface area contributed by atoms with Crippen molar-refractivity contribution in [3.8, 4) is 0 Å². The van der Waals surface area contributed by atoms with Crippen LogP contribution in [0.2, 0.25) is 0 Å². The number of nitrogens with zero attached hydrogens (tertiary/aromatic N) is 2. The highest BCUT2D eigenvalue weighted by Gasteiger charge is 2.11. The van der Waals surface area contributed by atoms with E-state index >= 15 is 0 Å². The van der Waals surface area contributed by atoms with Gasteiger partial charge in [0.2, 0.25) is 5.95 Å². The van der Waals surface area contributed by atoms with E-state index in [0.29, 0.717) is 11.5 Å². The Morgan fingerprint density at radius 1 is 0.917 bits per heavy atom. The molecule has 0 spiro atoms. The van der Waals surface area contributed by atoms with Gasteiger partial charge in [-0.3, -0.25) is 0 Å². The van der Waals surface area contributed by atoms with E-state index in [1.807, 2.05) is 24.3 Å². The molecule has 4 nitrogen and oxygen atoms in total. The SMILES string of the molecule is Cc1cc(Nc2ccc(Br)cc2)nc(Nc2c(F)cccc2F)n1. The van der Waals surface area contributed by atoms with Crippen LogP contribution in [-0.4, -0.2) is 9.97 Å². The molecule has 0 aliphatic rings. The molecule has 0 unspecified atom stereocenters. The normalized spacial score (nSPS) is 10.5. The van der Waals surface area contributed by atoms with E-state index in [0.717, 1.165) is 10.2 Å². The number of benzene rings is 2. The van der Waals surface area contributed by atoms with Gasteiger partial charge in [-0.1, -0.05) is 22.0 Å². The average molecular weight is 391 g/mol. The van der Waals surface area contributed by atoms with Crippen LogP contribution in [0.15, 0.2) is 53.0 Å². The van der Waals surface area contributed by atoms with Crippen LogP contribution in [0.25, 0.3) is 0 Å². The van der Waals surface area contributed by atoms with E-state index in [4.69, 9.17) is 0 Å². The first kappa shape index (κ1) is 16.3. The number of hydrogen-bond acceptors (Lipinski definition) is 4. The maximum absolute atomic E-state index is 13.7. The summed E-state index contributed by atoms with van der Waals surface area (Å²) in [7, 11) is 0. The fourth-order valence-electron chi connectivity index (χ4n) is 2.10. The summed E-state index contributed by atoms with van der Waals surface area (Å²) in [6.45, 7) is 1.78. The van der Waals surface area contributed by atoms with Gasteiger partial charge in [-0.15, -0.1) is 0 Å². The van der Waals surface area contributed by atoms with Gasteiger partial charge in [0.25, 0.3) is 0 Å². The summed E-state index contributed by atoms with van der Waals surface area (Å²) in [6, 6.07) is 12.9. The molecule has 0 saturated carbocycles. The Labute approximate surface area is 146 Å². The predicted molar refractivity (Wildman–Crippen MR) is 93.8 cm³/mol. The third kappa shape index (κ3) is 3.86. The molecule has 2 aromatic carbocycles. The fourth-order valence-corrected chi connectivity index (χ4v) is 2.36. The molecule has 3 aromatic rings. The maximum Gasteiger partial charge on any atom is 0.229 e. The van der Waals surface area contributed by atoms with Gasteiger partial charge in [0.1, 0.15) is 23.1 Å². The number of aromatic nitrogens is 2. The highest BCUT2D eigenvalue weighted by atomic mass is 79.9.